The molecular formula is C25H28N2O7. The number of benzene rings is 2. The summed E-state index contributed by atoms with van der Waals surface area (Å²) in [7, 11) is 1.44. The van der Waals surface area contributed by atoms with Crippen molar-refractivity contribution in [3.8, 4) is 0 Å². The van der Waals surface area contributed by atoms with E-state index in [9.17, 15) is 14.7 Å². The average molecular weight is 469 g/mol. The van der Waals surface area contributed by atoms with E-state index in [0.717, 1.165) is 15.7 Å². The Morgan fingerprint density at radius 2 is 1.65 bits per heavy atom. The SMILES string of the molecule is COC[C@@]1(O)[C@H](OCc2ccccc2)[C@@H](COCc2ccccc2)O[C@H]1n1ccc(=O)[nH]c1=O. The van der Waals surface area contributed by atoms with Gasteiger partial charge in [-0.05, 0) is 11.1 Å². The van der Waals surface area contributed by atoms with Crippen LogP contribution in [0.5, 0.6) is 0 Å². The third-order valence-corrected chi connectivity index (χ3v) is 5.71. The predicted octanol–water partition coefficient (Wildman–Crippen LogP) is 1.61. The Morgan fingerprint density at radius 1 is 1.00 bits per heavy atom. The van der Waals surface area contributed by atoms with Crippen LogP contribution >= 0.6 is 0 Å². The Bertz CT molecular complexity index is 1160. The summed E-state index contributed by atoms with van der Waals surface area (Å²) < 4.78 is 24.6. The molecule has 9 nitrogen and oxygen atoms in total. The minimum atomic E-state index is -1.73. The molecule has 0 aliphatic carbocycles. The highest BCUT2D eigenvalue weighted by molar-refractivity contribution is 5.15. The van der Waals surface area contributed by atoms with Gasteiger partial charge in [-0.2, -0.15) is 0 Å². The van der Waals surface area contributed by atoms with Gasteiger partial charge in [0.05, 0.1) is 26.4 Å². The maximum absolute atomic E-state index is 12.5. The first-order chi connectivity index (χ1) is 16.5. The van der Waals surface area contributed by atoms with Crippen molar-refractivity contribution >= 4 is 0 Å². The monoisotopic (exact) mass is 468 g/mol. The topological polar surface area (TPSA) is 112 Å². The van der Waals surface area contributed by atoms with Gasteiger partial charge in [-0.25, -0.2) is 4.79 Å². The van der Waals surface area contributed by atoms with E-state index >= 15 is 0 Å². The lowest BCUT2D eigenvalue weighted by Crippen LogP contribution is -2.53. The molecule has 2 heterocycles. The van der Waals surface area contributed by atoms with E-state index in [1.165, 1.54) is 19.4 Å². The number of methoxy groups -OCH3 is 1. The molecule has 4 atom stereocenters. The van der Waals surface area contributed by atoms with Crippen LogP contribution in [-0.4, -0.2) is 52.8 Å². The maximum atomic E-state index is 12.5. The Labute approximate surface area is 196 Å². The van der Waals surface area contributed by atoms with Crippen molar-refractivity contribution in [2.75, 3.05) is 20.3 Å². The van der Waals surface area contributed by atoms with E-state index in [4.69, 9.17) is 18.9 Å². The minimum Gasteiger partial charge on any atom is -0.381 e. The second-order valence-electron chi connectivity index (χ2n) is 8.19. The summed E-state index contributed by atoms with van der Waals surface area (Å²) in [6.07, 6.45) is -1.47. The highest BCUT2D eigenvalue weighted by Gasteiger charge is 2.58. The fourth-order valence-corrected chi connectivity index (χ4v) is 4.13. The van der Waals surface area contributed by atoms with Crippen molar-refractivity contribution in [3.05, 3.63) is 105 Å². The summed E-state index contributed by atoms with van der Waals surface area (Å²) in [5.74, 6) is 0. The van der Waals surface area contributed by atoms with E-state index in [1.54, 1.807) is 0 Å². The molecule has 1 saturated heterocycles. The van der Waals surface area contributed by atoms with Gasteiger partial charge < -0.3 is 24.1 Å². The number of ether oxygens (including phenoxy) is 4. The molecule has 0 radical (unpaired) electrons. The van der Waals surface area contributed by atoms with Crippen molar-refractivity contribution in [1.29, 1.82) is 0 Å². The molecule has 2 N–H and O–H groups in total. The number of aliphatic hydroxyl groups is 1. The molecule has 180 valence electrons. The second-order valence-corrected chi connectivity index (χ2v) is 8.19. The van der Waals surface area contributed by atoms with Crippen molar-refractivity contribution in [3.63, 3.8) is 0 Å². The Balaban J connectivity index is 1.60. The van der Waals surface area contributed by atoms with Crippen LogP contribution in [0.15, 0.2) is 82.5 Å². The Kier molecular flexibility index (Phi) is 7.71. The van der Waals surface area contributed by atoms with Crippen LogP contribution in [0.2, 0.25) is 0 Å². The van der Waals surface area contributed by atoms with Crippen molar-refractivity contribution in [2.24, 2.45) is 0 Å². The van der Waals surface area contributed by atoms with E-state index < -0.39 is 35.3 Å². The highest BCUT2D eigenvalue weighted by Crippen LogP contribution is 2.40. The Morgan fingerprint density at radius 3 is 2.26 bits per heavy atom. The molecule has 1 aromatic heterocycles. The number of rotatable bonds is 10. The number of hydrogen-bond acceptors (Lipinski definition) is 7. The van der Waals surface area contributed by atoms with E-state index in [0.29, 0.717) is 6.61 Å². The summed E-state index contributed by atoms with van der Waals surface area (Å²) in [5, 5.41) is 11.7. The number of nitrogens with one attached hydrogen (secondary N) is 1. The number of nitrogens with zero attached hydrogens (tertiary/aromatic N) is 1. The van der Waals surface area contributed by atoms with Crippen LogP contribution in [0.3, 0.4) is 0 Å². The molecule has 34 heavy (non-hydrogen) atoms. The summed E-state index contributed by atoms with van der Waals surface area (Å²) in [5.41, 5.74) is -1.08. The van der Waals surface area contributed by atoms with E-state index in [2.05, 4.69) is 4.98 Å². The number of aromatic nitrogens is 2. The first kappa shape index (κ1) is 24.1. The number of aromatic amines is 1. The third-order valence-electron chi connectivity index (χ3n) is 5.71. The van der Waals surface area contributed by atoms with Gasteiger partial charge in [0.15, 0.2) is 11.8 Å². The molecule has 3 aromatic rings. The summed E-state index contributed by atoms with van der Waals surface area (Å²) in [6.45, 7) is 0.494. The number of H-pyrrole nitrogens is 1. The fraction of sp³-hybridized carbons (Fsp3) is 0.360. The molecule has 0 amide bonds. The average Bonchev–Trinajstić information content (AvgIpc) is 3.10. The van der Waals surface area contributed by atoms with Gasteiger partial charge >= 0.3 is 5.69 Å². The number of hydrogen-bond donors (Lipinski definition) is 2. The largest absolute Gasteiger partial charge is 0.381 e. The summed E-state index contributed by atoms with van der Waals surface area (Å²) in [6, 6.07) is 20.4. The fourth-order valence-electron chi connectivity index (χ4n) is 4.13. The third kappa shape index (κ3) is 5.35. The summed E-state index contributed by atoms with van der Waals surface area (Å²) in [4.78, 5) is 26.3. The van der Waals surface area contributed by atoms with Crippen LogP contribution in [0.4, 0.5) is 0 Å². The molecule has 0 spiro atoms. The zero-order valence-corrected chi connectivity index (χ0v) is 18.8. The van der Waals surface area contributed by atoms with Gasteiger partial charge in [0.1, 0.15) is 12.2 Å². The minimum absolute atomic E-state index is 0.106. The maximum Gasteiger partial charge on any atom is 0.330 e. The first-order valence-corrected chi connectivity index (χ1v) is 11.0. The Hall–Kier alpha value is -3.08. The lowest BCUT2D eigenvalue weighted by molar-refractivity contribution is -0.156. The van der Waals surface area contributed by atoms with Gasteiger partial charge in [0.25, 0.3) is 5.56 Å². The zero-order chi connectivity index (χ0) is 24.0. The van der Waals surface area contributed by atoms with Crippen LogP contribution in [0.1, 0.15) is 17.4 Å². The van der Waals surface area contributed by atoms with Gasteiger partial charge in [0, 0.05) is 19.4 Å². The molecule has 0 unspecified atom stereocenters. The van der Waals surface area contributed by atoms with Crippen molar-refractivity contribution in [2.45, 2.75) is 37.3 Å². The molecule has 1 aliphatic rings. The van der Waals surface area contributed by atoms with Crippen LogP contribution in [0, 0.1) is 0 Å². The van der Waals surface area contributed by atoms with Crippen LogP contribution < -0.4 is 11.2 Å². The summed E-state index contributed by atoms with van der Waals surface area (Å²) >= 11 is 0. The van der Waals surface area contributed by atoms with Crippen molar-refractivity contribution in [1.82, 2.24) is 9.55 Å². The molecule has 1 aliphatic heterocycles. The quantitative estimate of drug-likeness (QED) is 0.465. The molecule has 0 bridgehead atoms. The smallest absolute Gasteiger partial charge is 0.330 e. The standard InChI is InChI=1S/C25H28N2O7/c1-31-17-25(30)22(33-15-19-10-6-3-7-11-19)20(16-32-14-18-8-4-2-5-9-18)34-23(25)27-13-12-21(28)26-24(27)29/h2-13,20,22-23,30H,14-17H2,1H3,(H,26,28,29)/t20-,22-,23-,25-/m1/s1. The molecule has 4 rings (SSSR count). The van der Waals surface area contributed by atoms with Crippen LogP contribution in [0.25, 0.3) is 0 Å². The highest BCUT2D eigenvalue weighted by atomic mass is 16.6. The predicted molar refractivity (Wildman–Crippen MR) is 123 cm³/mol. The lowest BCUT2D eigenvalue weighted by atomic mass is 9.94. The zero-order valence-electron chi connectivity index (χ0n) is 18.8. The normalized spacial score (nSPS) is 24.4. The lowest BCUT2D eigenvalue weighted by Gasteiger charge is -2.33. The first-order valence-electron chi connectivity index (χ1n) is 11.0. The molecule has 2 aromatic carbocycles. The molecule has 9 heteroatoms. The van der Waals surface area contributed by atoms with Crippen LogP contribution in [-0.2, 0) is 32.2 Å². The molecule has 1 fully saturated rings. The molecule has 0 saturated carbocycles. The van der Waals surface area contributed by atoms with Crippen molar-refractivity contribution < 1.29 is 24.1 Å². The van der Waals surface area contributed by atoms with Gasteiger partial charge in [-0.3, -0.25) is 14.3 Å². The second kappa shape index (κ2) is 10.9. The van der Waals surface area contributed by atoms with E-state index in [-0.39, 0.29) is 19.8 Å². The van der Waals surface area contributed by atoms with Gasteiger partial charge in [0.2, 0.25) is 0 Å². The molecular weight excluding hydrogens is 440 g/mol. The van der Waals surface area contributed by atoms with Gasteiger partial charge in [-0.1, -0.05) is 60.7 Å². The van der Waals surface area contributed by atoms with Gasteiger partial charge in [-0.15, -0.1) is 0 Å². The van der Waals surface area contributed by atoms with E-state index in [1.807, 2.05) is 60.7 Å².